The molecule has 146 valence electrons. The second kappa shape index (κ2) is 8.08. The molecule has 1 fully saturated rings. The van der Waals surface area contributed by atoms with E-state index in [0.29, 0.717) is 24.4 Å². The number of carboxylic acids is 1. The van der Waals surface area contributed by atoms with E-state index in [0.717, 1.165) is 6.07 Å². The van der Waals surface area contributed by atoms with Crippen LogP contribution in [0.15, 0.2) is 42.5 Å². The summed E-state index contributed by atoms with van der Waals surface area (Å²) in [6, 6.07) is 10.0. The summed E-state index contributed by atoms with van der Waals surface area (Å²) >= 11 is 0. The van der Waals surface area contributed by atoms with Crippen molar-refractivity contribution in [3.05, 3.63) is 65.0 Å². The van der Waals surface area contributed by atoms with Crippen LogP contribution in [0.2, 0.25) is 0 Å². The van der Waals surface area contributed by atoms with Crippen LogP contribution in [0, 0.1) is 5.82 Å². The zero-order valence-corrected chi connectivity index (χ0v) is 15.2. The number of amides is 2. The molecule has 1 saturated heterocycles. The number of ether oxygens (including phenoxy) is 1. The molecule has 0 bridgehead atoms. The Labute approximate surface area is 160 Å². The SMILES string of the molecule is COc1cccc(C(=O)N2CCN(C(=O)c3ccc(C(=O)O)cc3F)CC2)c1. The first-order valence-corrected chi connectivity index (χ1v) is 8.66. The molecule has 0 saturated carbocycles. The number of carbonyl (C=O) groups excluding carboxylic acids is 2. The molecule has 0 atom stereocenters. The third-order valence-electron chi connectivity index (χ3n) is 4.62. The standard InChI is InChI=1S/C20H19FN2O5/c1-28-15-4-2-3-13(11-15)18(24)22-7-9-23(10-8-22)19(25)16-6-5-14(20(26)27)12-17(16)21/h2-6,11-12H,7-10H2,1H3,(H,26,27). The van der Waals surface area contributed by atoms with Crippen LogP contribution < -0.4 is 4.74 Å². The average Bonchev–Trinajstić information content (AvgIpc) is 2.72. The first kappa shape index (κ1) is 19.3. The van der Waals surface area contributed by atoms with Gasteiger partial charge in [0, 0.05) is 31.7 Å². The maximum Gasteiger partial charge on any atom is 0.335 e. The van der Waals surface area contributed by atoms with Gasteiger partial charge in [-0.15, -0.1) is 0 Å². The van der Waals surface area contributed by atoms with Crippen molar-refractivity contribution >= 4 is 17.8 Å². The Balaban J connectivity index is 1.65. The van der Waals surface area contributed by atoms with E-state index in [1.165, 1.54) is 24.1 Å². The molecule has 2 aromatic rings. The van der Waals surface area contributed by atoms with E-state index in [1.807, 2.05) is 0 Å². The molecule has 0 aliphatic carbocycles. The van der Waals surface area contributed by atoms with Crippen molar-refractivity contribution in [1.29, 1.82) is 0 Å². The van der Waals surface area contributed by atoms with Gasteiger partial charge >= 0.3 is 5.97 Å². The molecular formula is C20H19FN2O5. The van der Waals surface area contributed by atoms with Crippen molar-refractivity contribution in [3.63, 3.8) is 0 Å². The second-order valence-electron chi connectivity index (χ2n) is 6.32. The number of nitrogens with zero attached hydrogens (tertiary/aromatic N) is 2. The Morgan fingerprint density at radius 2 is 1.57 bits per heavy atom. The molecular weight excluding hydrogens is 367 g/mol. The highest BCUT2D eigenvalue weighted by Gasteiger charge is 2.27. The van der Waals surface area contributed by atoms with Gasteiger partial charge in [0.15, 0.2) is 0 Å². The Bertz CT molecular complexity index is 923. The number of aromatic carboxylic acids is 1. The van der Waals surface area contributed by atoms with E-state index >= 15 is 0 Å². The molecule has 3 rings (SSSR count). The maximum atomic E-state index is 14.1. The molecule has 0 aromatic heterocycles. The zero-order valence-electron chi connectivity index (χ0n) is 15.2. The van der Waals surface area contributed by atoms with Gasteiger partial charge in [-0.25, -0.2) is 9.18 Å². The number of piperazine rings is 1. The van der Waals surface area contributed by atoms with Crippen LogP contribution in [-0.2, 0) is 0 Å². The number of hydrogen-bond donors (Lipinski definition) is 1. The van der Waals surface area contributed by atoms with Crippen molar-refractivity contribution in [1.82, 2.24) is 9.80 Å². The number of carbonyl (C=O) groups is 3. The summed E-state index contributed by atoms with van der Waals surface area (Å²) < 4.78 is 19.3. The molecule has 2 aromatic carbocycles. The van der Waals surface area contributed by atoms with Crippen LogP contribution >= 0.6 is 0 Å². The van der Waals surface area contributed by atoms with Crippen LogP contribution in [0.1, 0.15) is 31.1 Å². The second-order valence-corrected chi connectivity index (χ2v) is 6.32. The molecule has 8 heteroatoms. The number of carboxylic acid groups (broad SMARTS) is 1. The van der Waals surface area contributed by atoms with Crippen molar-refractivity contribution in [2.45, 2.75) is 0 Å². The smallest absolute Gasteiger partial charge is 0.335 e. The molecule has 1 aliphatic heterocycles. The third kappa shape index (κ3) is 3.95. The maximum absolute atomic E-state index is 14.1. The summed E-state index contributed by atoms with van der Waals surface area (Å²) in [5.41, 5.74) is 0.0924. The molecule has 2 amide bonds. The Hall–Kier alpha value is -3.42. The molecule has 0 spiro atoms. The van der Waals surface area contributed by atoms with Gasteiger partial charge in [-0.1, -0.05) is 6.07 Å². The van der Waals surface area contributed by atoms with E-state index in [9.17, 15) is 18.8 Å². The fourth-order valence-corrected chi connectivity index (χ4v) is 3.04. The van der Waals surface area contributed by atoms with Crippen LogP contribution in [-0.4, -0.2) is 66.0 Å². The van der Waals surface area contributed by atoms with E-state index in [4.69, 9.17) is 9.84 Å². The predicted octanol–water partition coefficient (Wildman–Crippen LogP) is 2.13. The summed E-state index contributed by atoms with van der Waals surface area (Å²) in [7, 11) is 1.52. The quantitative estimate of drug-likeness (QED) is 0.870. The van der Waals surface area contributed by atoms with Gasteiger partial charge in [-0.3, -0.25) is 9.59 Å². The molecule has 0 unspecified atom stereocenters. The average molecular weight is 386 g/mol. The zero-order chi connectivity index (χ0) is 20.3. The third-order valence-corrected chi connectivity index (χ3v) is 4.62. The summed E-state index contributed by atoms with van der Waals surface area (Å²) in [5, 5.41) is 8.89. The van der Waals surface area contributed by atoms with Gasteiger partial charge in [-0.2, -0.15) is 0 Å². The van der Waals surface area contributed by atoms with E-state index in [-0.39, 0.29) is 30.1 Å². The largest absolute Gasteiger partial charge is 0.497 e. The van der Waals surface area contributed by atoms with Gasteiger partial charge < -0.3 is 19.6 Å². The van der Waals surface area contributed by atoms with Crippen molar-refractivity contribution in [2.75, 3.05) is 33.3 Å². The number of hydrogen-bond acceptors (Lipinski definition) is 4. The van der Waals surface area contributed by atoms with E-state index < -0.39 is 17.7 Å². The topological polar surface area (TPSA) is 87.2 Å². The first-order chi connectivity index (χ1) is 13.4. The fourth-order valence-electron chi connectivity index (χ4n) is 3.04. The summed E-state index contributed by atoms with van der Waals surface area (Å²) in [6.45, 7) is 1.15. The van der Waals surface area contributed by atoms with Gasteiger partial charge in [-0.05, 0) is 36.4 Å². The lowest BCUT2D eigenvalue weighted by Crippen LogP contribution is -2.50. The van der Waals surface area contributed by atoms with Crippen molar-refractivity contribution < 1.29 is 28.6 Å². The molecule has 7 nitrogen and oxygen atoms in total. The summed E-state index contributed by atoms with van der Waals surface area (Å²) in [4.78, 5) is 39.1. The predicted molar refractivity (Wildman–Crippen MR) is 98.2 cm³/mol. The van der Waals surface area contributed by atoms with Gasteiger partial charge in [0.2, 0.25) is 0 Å². The minimum absolute atomic E-state index is 0.164. The minimum atomic E-state index is -1.26. The molecule has 1 aliphatic rings. The fraction of sp³-hybridized carbons (Fsp3) is 0.250. The lowest BCUT2D eigenvalue weighted by atomic mass is 10.1. The highest BCUT2D eigenvalue weighted by atomic mass is 19.1. The first-order valence-electron chi connectivity index (χ1n) is 8.66. The van der Waals surface area contributed by atoms with Crippen molar-refractivity contribution in [2.24, 2.45) is 0 Å². The Morgan fingerprint density at radius 3 is 2.14 bits per heavy atom. The number of rotatable bonds is 4. The molecule has 28 heavy (non-hydrogen) atoms. The van der Waals surface area contributed by atoms with Crippen LogP contribution in [0.3, 0.4) is 0 Å². The lowest BCUT2D eigenvalue weighted by Gasteiger charge is -2.35. The van der Waals surface area contributed by atoms with Gasteiger partial charge in [0.1, 0.15) is 11.6 Å². The monoisotopic (exact) mass is 386 g/mol. The molecule has 1 N–H and O–H groups in total. The highest BCUT2D eigenvalue weighted by Crippen LogP contribution is 2.18. The van der Waals surface area contributed by atoms with Crippen LogP contribution in [0.4, 0.5) is 4.39 Å². The van der Waals surface area contributed by atoms with Gasteiger partial charge in [0.05, 0.1) is 18.2 Å². The van der Waals surface area contributed by atoms with Crippen molar-refractivity contribution in [3.8, 4) is 5.75 Å². The Morgan fingerprint density at radius 1 is 0.929 bits per heavy atom. The number of benzene rings is 2. The number of methoxy groups -OCH3 is 1. The minimum Gasteiger partial charge on any atom is -0.497 e. The van der Waals surface area contributed by atoms with E-state index in [2.05, 4.69) is 0 Å². The van der Waals surface area contributed by atoms with E-state index in [1.54, 1.807) is 29.2 Å². The van der Waals surface area contributed by atoms with Gasteiger partial charge in [0.25, 0.3) is 11.8 Å². The molecule has 1 heterocycles. The highest BCUT2D eigenvalue weighted by molar-refractivity contribution is 5.97. The van der Waals surface area contributed by atoms with Crippen LogP contribution in [0.25, 0.3) is 0 Å². The Kier molecular flexibility index (Phi) is 5.58. The summed E-state index contributed by atoms with van der Waals surface area (Å²) in [5.74, 6) is -2.24. The number of halogens is 1. The van der Waals surface area contributed by atoms with Crippen LogP contribution in [0.5, 0.6) is 5.75 Å². The lowest BCUT2D eigenvalue weighted by molar-refractivity contribution is 0.0532. The molecule has 0 radical (unpaired) electrons. The summed E-state index contributed by atoms with van der Waals surface area (Å²) in [6.07, 6.45) is 0. The normalized spacial score (nSPS) is 13.9.